The Morgan fingerprint density at radius 3 is 2.18 bits per heavy atom. The summed E-state index contributed by atoms with van der Waals surface area (Å²) in [5.74, 6) is -2.22. The summed E-state index contributed by atoms with van der Waals surface area (Å²) in [7, 11) is 0. The number of ether oxygens (including phenoxy) is 5. The van der Waals surface area contributed by atoms with Crippen LogP contribution in [0.25, 0.3) is 10.9 Å². The summed E-state index contributed by atoms with van der Waals surface area (Å²) < 4.78 is 28.6. The zero-order valence-electron chi connectivity index (χ0n) is 23.2. The number of aromatic amines is 1. The number of hydrogen-bond donors (Lipinski definition) is 1. The van der Waals surface area contributed by atoms with Crippen molar-refractivity contribution in [2.75, 3.05) is 6.61 Å². The molecule has 1 aromatic carbocycles. The number of carbonyl (C=O) groups excluding carboxylic acids is 4. The first kappa shape index (κ1) is 30.1. The van der Waals surface area contributed by atoms with Gasteiger partial charge in [-0.3, -0.25) is 19.2 Å². The molecule has 2 aromatic rings. The second-order valence-electron chi connectivity index (χ2n) is 9.86. The Labute approximate surface area is 228 Å². The summed E-state index contributed by atoms with van der Waals surface area (Å²) in [5, 5.41) is 1.01. The second-order valence-corrected chi connectivity index (χ2v) is 9.86. The molecule has 4 atom stereocenters. The minimum absolute atomic E-state index is 0.0376. The molecule has 0 bridgehead atoms. The molecule has 1 saturated heterocycles. The number of H-pyrrole nitrogens is 1. The Morgan fingerprint density at radius 2 is 1.49 bits per heavy atom. The van der Waals surface area contributed by atoms with E-state index in [2.05, 4.69) is 4.98 Å². The first-order valence-electron chi connectivity index (χ1n) is 13.7. The van der Waals surface area contributed by atoms with Crippen LogP contribution in [0.15, 0.2) is 30.5 Å². The van der Waals surface area contributed by atoms with Gasteiger partial charge in [-0.2, -0.15) is 0 Å². The zero-order valence-corrected chi connectivity index (χ0v) is 23.2. The van der Waals surface area contributed by atoms with Crippen LogP contribution in [-0.4, -0.2) is 59.6 Å². The van der Waals surface area contributed by atoms with E-state index in [0.717, 1.165) is 16.5 Å². The Kier molecular flexibility index (Phi) is 10.9. The van der Waals surface area contributed by atoms with Crippen molar-refractivity contribution in [3.8, 4) is 0 Å². The quantitative estimate of drug-likeness (QED) is 0.285. The number of esters is 4. The number of benzene rings is 1. The van der Waals surface area contributed by atoms with E-state index < -0.39 is 48.0 Å². The average Bonchev–Trinajstić information content (AvgIpc) is 3.30. The van der Waals surface area contributed by atoms with E-state index in [0.29, 0.717) is 25.7 Å². The second kappa shape index (κ2) is 14.1. The minimum Gasteiger partial charge on any atom is -0.456 e. The van der Waals surface area contributed by atoms with Crippen molar-refractivity contribution in [2.45, 2.75) is 103 Å². The largest absolute Gasteiger partial charge is 0.456 e. The number of carbonyl (C=O) groups is 4. The molecule has 1 fully saturated rings. The van der Waals surface area contributed by atoms with Gasteiger partial charge in [-0.15, -0.1) is 0 Å². The topological polar surface area (TPSA) is 130 Å². The third-order valence-electron chi connectivity index (χ3n) is 6.53. The standard InChI is InChI=1S/C29H39NO9/c1-5-10-23(31)36-22-18-35-28(29(4,39-26(34)12-7-3)27(22)37-24(32)11-6-2)38-25(33)16-15-19-17-30-21-14-9-8-13-20(19)21/h8-9,13-14,17,22,27-28,30H,5-7,10-12,15-16,18H2,1-4H3/t22-,27+,28+,29?/m1/s1. The predicted molar refractivity (Wildman–Crippen MR) is 141 cm³/mol. The molecule has 1 aliphatic heterocycles. The van der Waals surface area contributed by atoms with Crippen LogP contribution in [0.2, 0.25) is 0 Å². The van der Waals surface area contributed by atoms with Crippen LogP contribution < -0.4 is 0 Å². The fraction of sp³-hybridized carbons (Fsp3) is 0.586. The molecule has 1 aromatic heterocycles. The van der Waals surface area contributed by atoms with Gasteiger partial charge in [-0.05, 0) is 44.2 Å². The fourth-order valence-electron chi connectivity index (χ4n) is 4.57. The lowest BCUT2D eigenvalue weighted by molar-refractivity contribution is -0.309. The van der Waals surface area contributed by atoms with Crippen LogP contribution in [0.1, 0.15) is 78.2 Å². The normalized spacial score (nSPS) is 22.7. The summed E-state index contributed by atoms with van der Waals surface area (Å²) in [4.78, 5) is 53.7. The molecular formula is C29H39NO9. The SMILES string of the molecule is CCCC(=O)O[C@@H]1CO[C@@H](OC(=O)CCc2c[nH]c3ccccc23)C(C)(OC(=O)CCC)[C@H]1OC(=O)CCC. The molecule has 2 heterocycles. The van der Waals surface area contributed by atoms with Crippen molar-refractivity contribution < 1.29 is 42.9 Å². The van der Waals surface area contributed by atoms with Gasteiger partial charge in [0.15, 0.2) is 12.2 Å². The monoisotopic (exact) mass is 545 g/mol. The Balaban J connectivity index is 1.82. The highest BCUT2D eigenvalue weighted by Gasteiger charge is 2.58. The predicted octanol–water partition coefficient (Wildman–Crippen LogP) is 4.53. The molecule has 1 N–H and O–H groups in total. The summed E-state index contributed by atoms with van der Waals surface area (Å²) >= 11 is 0. The summed E-state index contributed by atoms with van der Waals surface area (Å²) in [6.07, 6.45) is 0.595. The van der Waals surface area contributed by atoms with Crippen molar-refractivity contribution in [3.05, 3.63) is 36.0 Å². The van der Waals surface area contributed by atoms with E-state index in [1.807, 2.05) is 51.2 Å². The number of aromatic nitrogens is 1. The number of nitrogens with one attached hydrogen (secondary N) is 1. The molecule has 214 valence electrons. The maximum absolute atomic E-state index is 13.0. The van der Waals surface area contributed by atoms with Gasteiger partial charge in [0.1, 0.15) is 0 Å². The first-order chi connectivity index (χ1) is 18.7. The van der Waals surface area contributed by atoms with Crippen LogP contribution in [0.4, 0.5) is 0 Å². The van der Waals surface area contributed by atoms with E-state index in [1.54, 1.807) is 0 Å². The minimum atomic E-state index is -1.75. The van der Waals surface area contributed by atoms with Gasteiger partial charge in [-0.25, -0.2) is 0 Å². The van der Waals surface area contributed by atoms with Crippen molar-refractivity contribution >= 4 is 34.8 Å². The Bertz CT molecular complexity index is 1140. The van der Waals surface area contributed by atoms with Gasteiger partial charge in [-0.1, -0.05) is 39.0 Å². The molecule has 0 aliphatic carbocycles. The molecule has 0 amide bonds. The van der Waals surface area contributed by atoms with Crippen LogP contribution in [0, 0.1) is 0 Å². The summed E-state index contributed by atoms with van der Waals surface area (Å²) in [6, 6.07) is 7.77. The van der Waals surface area contributed by atoms with Crippen LogP contribution in [0.3, 0.4) is 0 Å². The van der Waals surface area contributed by atoms with Crippen LogP contribution >= 0.6 is 0 Å². The molecule has 10 heteroatoms. The molecule has 0 spiro atoms. The van der Waals surface area contributed by atoms with E-state index in [1.165, 1.54) is 6.92 Å². The highest BCUT2D eigenvalue weighted by molar-refractivity contribution is 5.83. The van der Waals surface area contributed by atoms with Crippen LogP contribution in [-0.2, 0) is 49.3 Å². The number of rotatable bonds is 13. The van der Waals surface area contributed by atoms with Gasteiger partial charge in [0, 0.05) is 42.8 Å². The summed E-state index contributed by atoms with van der Waals surface area (Å²) in [5.41, 5.74) is 0.174. The van der Waals surface area contributed by atoms with Crippen LogP contribution in [0.5, 0.6) is 0 Å². The maximum atomic E-state index is 13.0. The smallest absolute Gasteiger partial charge is 0.308 e. The van der Waals surface area contributed by atoms with Gasteiger partial charge in [0.05, 0.1) is 6.61 Å². The third kappa shape index (κ3) is 7.81. The lowest BCUT2D eigenvalue weighted by Gasteiger charge is -2.46. The van der Waals surface area contributed by atoms with E-state index in [-0.39, 0.29) is 32.3 Å². The van der Waals surface area contributed by atoms with Crippen molar-refractivity contribution in [2.24, 2.45) is 0 Å². The number of fused-ring (bicyclic) bond motifs is 1. The van der Waals surface area contributed by atoms with Crippen molar-refractivity contribution in [1.29, 1.82) is 0 Å². The zero-order chi connectivity index (χ0) is 28.4. The Hall–Kier alpha value is -3.40. The molecule has 39 heavy (non-hydrogen) atoms. The van der Waals surface area contributed by atoms with Crippen molar-refractivity contribution in [1.82, 2.24) is 4.98 Å². The molecule has 0 radical (unpaired) electrons. The van der Waals surface area contributed by atoms with Crippen molar-refractivity contribution in [3.63, 3.8) is 0 Å². The number of aryl methyl sites for hydroxylation is 1. The number of para-hydroxylation sites is 1. The fourth-order valence-corrected chi connectivity index (χ4v) is 4.57. The lowest BCUT2D eigenvalue weighted by atomic mass is 9.90. The number of hydrogen-bond acceptors (Lipinski definition) is 9. The van der Waals surface area contributed by atoms with E-state index in [4.69, 9.17) is 23.7 Å². The maximum Gasteiger partial charge on any atom is 0.308 e. The Morgan fingerprint density at radius 1 is 0.872 bits per heavy atom. The highest BCUT2D eigenvalue weighted by atomic mass is 16.7. The molecule has 3 rings (SSSR count). The average molecular weight is 546 g/mol. The molecule has 10 nitrogen and oxygen atoms in total. The first-order valence-corrected chi connectivity index (χ1v) is 13.7. The molecule has 1 aliphatic rings. The van der Waals surface area contributed by atoms with E-state index in [9.17, 15) is 19.2 Å². The van der Waals surface area contributed by atoms with Gasteiger partial charge in [0.25, 0.3) is 0 Å². The van der Waals surface area contributed by atoms with Gasteiger partial charge < -0.3 is 28.7 Å². The summed E-state index contributed by atoms with van der Waals surface area (Å²) in [6.45, 7) is 6.74. The lowest BCUT2D eigenvalue weighted by Crippen LogP contribution is -2.66. The molecular weight excluding hydrogens is 506 g/mol. The van der Waals surface area contributed by atoms with Gasteiger partial charge in [0.2, 0.25) is 11.9 Å². The van der Waals surface area contributed by atoms with E-state index >= 15 is 0 Å². The third-order valence-corrected chi connectivity index (χ3v) is 6.53. The highest BCUT2D eigenvalue weighted by Crippen LogP contribution is 2.36. The molecule has 0 saturated carbocycles. The van der Waals surface area contributed by atoms with Gasteiger partial charge >= 0.3 is 23.9 Å². The molecule has 1 unspecified atom stereocenters.